The number of para-hydroxylation sites is 2. The molecule has 0 atom stereocenters. The maximum atomic E-state index is 12.8. The number of amides is 2. The minimum absolute atomic E-state index is 0.148. The van der Waals surface area contributed by atoms with Crippen LogP contribution in [0.2, 0.25) is 0 Å². The summed E-state index contributed by atoms with van der Waals surface area (Å²) in [5.74, 6) is -0.170. The van der Waals surface area contributed by atoms with E-state index in [-0.39, 0.29) is 17.6 Å². The van der Waals surface area contributed by atoms with Crippen molar-refractivity contribution in [1.82, 2.24) is 14.8 Å². The van der Waals surface area contributed by atoms with Crippen LogP contribution in [0.3, 0.4) is 0 Å². The third-order valence-corrected chi connectivity index (χ3v) is 4.77. The van der Waals surface area contributed by atoms with Gasteiger partial charge in [0.15, 0.2) is 5.16 Å². The zero-order valence-corrected chi connectivity index (χ0v) is 13.9. The summed E-state index contributed by atoms with van der Waals surface area (Å²) in [6.45, 7) is 3.48. The SMILES string of the molecule is Cn1cnnc1SCC(=O)N1c2ccccc2NC(=O)C1(C)C. The number of nitrogens with zero attached hydrogens (tertiary/aromatic N) is 4. The smallest absolute Gasteiger partial charge is 0.250 e. The predicted octanol–water partition coefficient (Wildman–Crippen LogP) is 1.67. The Morgan fingerprint density at radius 3 is 2.78 bits per heavy atom. The van der Waals surface area contributed by atoms with Crippen molar-refractivity contribution in [2.24, 2.45) is 7.05 Å². The monoisotopic (exact) mass is 331 g/mol. The molecule has 1 aromatic heterocycles. The number of hydrogen-bond acceptors (Lipinski definition) is 5. The Labute approximate surface area is 138 Å². The van der Waals surface area contributed by atoms with Crippen LogP contribution < -0.4 is 10.2 Å². The molecular formula is C15H17N5O2S. The highest BCUT2D eigenvalue weighted by Gasteiger charge is 2.43. The van der Waals surface area contributed by atoms with Gasteiger partial charge < -0.3 is 9.88 Å². The van der Waals surface area contributed by atoms with Crippen LogP contribution in [0.25, 0.3) is 0 Å². The molecule has 7 nitrogen and oxygen atoms in total. The number of nitrogens with one attached hydrogen (secondary N) is 1. The van der Waals surface area contributed by atoms with Crippen LogP contribution in [0.15, 0.2) is 35.7 Å². The molecule has 2 aromatic rings. The van der Waals surface area contributed by atoms with Gasteiger partial charge in [-0.05, 0) is 26.0 Å². The Morgan fingerprint density at radius 1 is 1.35 bits per heavy atom. The van der Waals surface area contributed by atoms with Gasteiger partial charge in [-0.15, -0.1) is 10.2 Å². The first kappa shape index (κ1) is 15.5. The molecule has 0 saturated heterocycles. The Hall–Kier alpha value is -2.35. The van der Waals surface area contributed by atoms with Gasteiger partial charge in [-0.25, -0.2) is 0 Å². The molecule has 1 aromatic carbocycles. The van der Waals surface area contributed by atoms with E-state index >= 15 is 0 Å². The first-order chi connectivity index (χ1) is 10.9. The summed E-state index contributed by atoms with van der Waals surface area (Å²) in [6, 6.07) is 7.30. The van der Waals surface area contributed by atoms with Crippen molar-refractivity contribution in [2.75, 3.05) is 16.0 Å². The molecule has 1 N–H and O–H groups in total. The van der Waals surface area contributed by atoms with Gasteiger partial charge in [0.05, 0.1) is 17.1 Å². The number of aromatic nitrogens is 3. The van der Waals surface area contributed by atoms with Gasteiger partial charge >= 0.3 is 0 Å². The average Bonchev–Trinajstić information content (AvgIpc) is 2.91. The summed E-state index contributed by atoms with van der Waals surface area (Å²) >= 11 is 1.30. The second kappa shape index (κ2) is 5.69. The van der Waals surface area contributed by atoms with Crippen molar-refractivity contribution in [3.63, 3.8) is 0 Å². The molecule has 1 aliphatic heterocycles. The van der Waals surface area contributed by atoms with Crippen molar-refractivity contribution >= 4 is 35.0 Å². The highest BCUT2D eigenvalue weighted by atomic mass is 32.2. The summed E-state index contributed by atoms with van der Waals surface area (Å²) in [5.41, 5.74) is 0.404. The van der Waals surface area contributed by atoms with Crippen LogP contribution in [0, 0.1) is 0 Å². The van der Waals surface area contributed by atoms with Crippen molar-refractivity contribution in [3.8, 4) is 0 Å². The molecule has 0 fully saturated rings. The molecule has 23 heavy (non-hydrogen) atoms. The Kier molecular flexibility index (Phi) is 3.85. The second-order valence-corrected chi connectivity index (χ2v) is 6.72. The van der Waals surface area contributed by atoms with Crippen LogP contribution in [0.5, 0.6) is 0 Å². The summed E-state index contributed by atoms with van der Waals surface area (Å²) in [5, 5.41) is 11.3. The van der Waals surface area contributed by atoms with Crippen LogP contribution in [0.4, 0.5) is 11.4 Å². The fraction of sp³-hybridized carbons (Fsp3) is 0.333. The number of thioether (sulfide) groups is 1. The minimum Gasteiger partial charge on any atom is -0.322 e. The molecule has 3 rings (SSSR count). The number of anilines is 2. The van der Waals surface area contributed by atoms with Crippen molar-refractivity contribution in [1.29, 1.82) is 0 Å². The highest BCUT2D eigenvalue weighted by Crippen LogP contribution is 2.37. The van der Waals surface area contributed by atoms with E-state index in [2.05, 4.69) is 15.5 Å². The number of aryl methyl sites for hydroxylation is 1. The van der Waals surface area contributed by atoms with E-state index in [9.17, 15) is 9.59 Å². The maximum Gasteiger partial charge on any atom is 0.250 e. The molecule has 0 bridgehead atoms. The first-order valence-electron chi connectivity index (χ1n) is 7.11. The summed E-state index contributed by atoms with van der Waals surface area (Å²) < 4.78 is 1.75. The summed E-state index contributed by atoms with van der Waals surface area (Å²) in [7, 11) is 1.82. The van der Waals surface area contributed by atoms with Gasteiger partial charge in [0.25, 0.3) is 0 Å². The van der Waals surface area contributed by atoms with Crippen molar-refractivity contribution in [3.05, 3.63) is 30.6 Å². The number of rotatable bonds is 3. The topological polar surface area (TPSA) is 80.1 Å². The Balaban J connectivity index is 1.88. The number of fused-ring (bicyclic) bond motifs is 1. The van der Waals surface area contributed by atoms with E-state index in [1.807, 2.05) is 25.2 Å². The number of hydrogen-bond donors (Lipinski definition) is 1. The summed E-state index contributed by atoms with van der Waals surface area (Å²) in [4.78, 5) is 26.7. The lowest BCUT2D eigenvalue weighted by Gasteiger charge is -2.42. The Bertz CT molecular complexity index is 771. The van der Waals surface area contributed by atoms with Crippen LogP contribution >= 0.6 is 11.8 Å². The van der Waals surface area contributed by atoms with E-state index in [1.165, 1.54) is 11.8 Å². The number of benzene rings is 1. The molecule has 0 saturated carbocycles. The lowest BCUT2D eigenvalue weighted by Crippen LogP contribution is -2.59. The van der Waals surface area contributed by atoms with Gasteiger partial charge in [0, 0.05) is 7.05 Å². The maximum absolute atomic E-state index is 12.8. The molecule has 2 heterocycles. The summed E-state index contributed by atoms with van der Waals surface area (Å²) in [6.07, 6.45) is 1.58. The lowest BCUT2D eigenvalue weighted by molar-refractivity contribution is -0.125. The zero-order chi connectivity index (χ0) is 16.6. The fourth-order valence-electron chi connectivity index (χ4n) is 2.49. The van der Waals surface area contributed by atoms with E-state index in [0.29, 0.717) is 16.5 Å². The molecule has 0 spiro atoms. The normalized spacial score (nSPS) is 16.0. The predicted molar refractivity (Wildman–Crippen MR) is 88.4 cm³/mol. The Morgan fingerprint density at radius 2 is 2.09 bits per heavy atom. The number of carbonyl (C=O) groups excluding carboxylic acids is 2. The van der Waals surface area contributed by atoms with Crippen molar-refractivity contribution < 1.29 is 9.59 Å². The highest BCUT2D eigenvalue weighted by molar-refractivity contribution is 7.99. The molecule has 8 heteroatoms. The molecular weight excluding hydrogens is 314 g/mol. The van der Waals surface area contributed by atoms with Gasteiger partial charge in [-0.2, -0.15) is 0 Å². The van der Waals surface area contributed by atoms with Crippen molar-refractivity contribution in [2.45, 2.75) is 24.5 Å². The van der Waals surface area contributed by atoms with Gasteiger partial charge in [0.2, 0.25) is 11.8 Å². The minimum atomic E-state index is -0.952. The second-order valence-electron chi connectivity index (χ2n) is 5.77. The van der Waals surface area contributed by atoms with E-state index in [1.54, 1.807) is 35.7 Å². The van der Waals surface area contributed by atoms with E-state index < -0.39 is 5.54 Å². The standard InChI is InChI=1S/C15H17N5O2S/c1-15(2)13(22)17-10-6-4-5-7-11(10)20(15)12(21)8-23-14-18-16-9-19(14)3/h4-7,9H,8H2,1-3H3,(H,17,22). The van der Waals surface area contributed by atoms with Gasteiger partial charge in [-0.3, -0.25) is 14.5 Å². The fourth-order valence-corrected chi connectivity index (χ4v) is 3.23. The van der Waals surface area contributed by atoms with Gasteiger partial charge in [-0.1, -0.05) is 23.9 Å². The van der Waals surface area contributed by atoms with E-state index in [4.69, 9.17) is 0 Å². The van der Waals surface area contributed by atoms with Crippen LogP contribution in [0.1, 0.15) is 13.8 Å². The third-order valence-electron chi connectivity index (χ3n) is 3.75. The van der Waals surface area contributed by atoms with Gasteiger partial charge in [0.1, 0.15) is 11.9 Å². The van der Waals surface area contributed by atoms with E-state index in [0.717, 1.165) is 0 Å². The molecule has 0 radical (unpaired) electrons. The zero-order valence-electron chi connectivity index (χ0n) is 13.1. The third kappa shape index (κ3) is 2.70. The largest absolute Gasteiger partial charge is 0.322 e. The molecule has 120 valence electrons. The lowest BCUT2D eigenvalue weighted by atomic mass is 9.96. The quantitative estimate of drug-likeness (QED) is 0.866. The van der Waals surface area contributed by atoms with Crippen LogP contribution in [-0.4, -0.2) is 37.9 Å². The molecule has 1 aliphatic rings. The number of carbonyl (C=O) groups is 2. The molecule has 0 unspecified atom stereocenters. The molecule has 2 amide bonds. The molecule has 0 aliphatic carbocycles. The average molecular weight is 331 g/mol. The van der Waals surface area contributed by atoms with Crippen LogP contribution in [-0.2, 0) is 16.6 Å². The first-order valence-corrected chi connectivity index (χ1v) is 8.10.